The van der Waals surface area contributed by atoms with Gasteiger partial charge in [0.1, 0.15) is 0 Å². The minimum absolute atomic E-state index is 0.161. The van der Waals surface area contributed by atoms with Crippen molar-refractivity contribution < 1.29 is 15.0 Å². The third-order valence-electron chi connectivity index (χ3n) is 3.27. The lowest BCUT2D eigenvalue weighted by Crippen LogP contribution is -2.08. The summed E-state index contributed by atoms with van der Waals surface area (Å²) >= 11 is 0. The number of carbonyl (C=O) groups is 1. The molecular weight excluding hydrogens is 240 g/mol. The summed E-state index contributed by atoms with van der Waals surface area (Å²) in [6.45, 7) is 8.52. The molecular formula is C16H34O3. The van der Waals surface area contributed by atoms with Gasteiger partial charge in [-0.1, -0.05) is 66.2 Å². The van der Waals surface area contributed by atoms with Gasteiger partial charge in [0.15, 0.2) is 0 Å². The van der Waals surface area contributed by atoms with E-state index in [1.54, 1.807) is 6.92 Å². The number of hydrogen-bond acceptors (Lipinski definition) is 2. The molecule has 0 bridgehead atoms. The van der Waals surface area contributed by atoms with Gasteiger partial charge in [-0.2, -0.15) is 0 Å². The second kappa shape index (κ2) is 15.5. The first-order chi connectivity index (χ1) is 8.99. The average Bonchev–Trinajstić information content (AvgIpc) is 2.39. The Morgan fingerprint density at radius 2 is 1.42 bits per heavy atom. The standard InChI is InChI=1S/C8H16O2.C8H18O/c1-3-4-5-6-7(2)8(9)10;1-3-4-5-6-8(2)7-9/h7H,3-6H2,1-2H3,(H,9,10);8-9H,3-7H2,1-2H3/t7-;8-/m11/s1. The van der Waals surface area contributed by atoms with Crippen LogP contribution in [0.5, 0.6) is 0 Å². The summed E-state index contributed by atoms with van der Waals surface area (Å²) in [4.78, 5) is 10.3. The predicted octanol–water partition coefficient (Wildman–Crippen LogP) is 4.48. The maximum atomic E-state index is 10.3. The van der Waals surface area contributed by atoms with E-state index in [4.69, 9.17) is 10.2 Å². The van der Waals surface area contributed by atoms with Crippen LogP contribution >= 0.6 is 0 Å². The van der Waals surface area contributed by atoms with Gasteiger partial charge in [-0.25, -0.2) is 0 Å². The quantitative estimate of drug-likeness (QED) is 0.577. The third kappa shape index (κ3) is 17.4. The molecule has 0 aliphatic rings. The number of hydrogen-bond donors (Lipinski definition) is 2. The zero-order chi connectivity index (χ0) is 15.1. The fraction of sp³-hybridized carbons (Fsp3) is 0.938. The van der Waals surface area contributed by atoms with E-state index in [1.807, 2.05) is 0 Å². The molecule has 0 aliphatic heterocycles. The lowest BCUT2D eigenvalue weighted by atomic mass is 10.0. The molecule has 0 unspecified atom stereocenters. The first kappa shape index (κ1) is 20.7. The largest absolute Gasteiger partial charge is 0.481 e. The highest BCUT2D eigenvalue weighted by Crippen LogP contribution is 2.08. The fourth-order valence-electron chi connectivity index (χ4n) is 1.66. The van der Waals surface area contributed by atoms with Crippen LogP contribution in [0.2, 0.25) is 0 Å². The molecule has 0 heterocycles. The van der Waals surface area contributed by atoms with Gasteiger partial charge in [-0.3, -0.25) is 4.79 Å². The molecule has 2 atom stereocenters. The van der Waals surface area contributed by atoms with E-state index in [0.29, 0.717) is 12.5 Å². The molecule has 19 heavy (non-hydrogen) atoms. The van der Waals surface area contributed by atoms with Crippen molar-refractivity contribution in [2.24, 2.45) is 11.8 Å². The van der Waals surface area contributed by atoms with Gasteiger partial charge in [-0.15, -0.1) is 0 Å². The van der Waals surface area contributed by atoms with Crippen LogP contribution in [0.25, 0.3) is 0 Å². The van der Waals surface area contributed by atoms with E-state index in [0.717, 1.165) is 25.7 Å². The van der Waals surface area contributed by atoms with Crippen molar-refractivity contribution in [2.75, 3.05) is 6.61 Å². The first-order valence-corrected chi connectivity index (χ1v) is 7.83. The number of aliphatic hydroxyl groups is 1. The summed E-state index contributed by atoms with van der Waals surface area (Å²) in [7, 11) is 0. The summed E-state index contributed by atoms with van der Waals surface area (Å²) < 4.78 is 0. The first-order valence-electron chi connectivity index (χ1n) is 7.83. The van der Waals surface area contributed by atoms with Gasteiger partial charge in [0.25, 0.3) is 0 Å². The second-order valence-electron chi connectivity index (χ2n) is 5.52. The molecule has 0 aromatic rings. The van der Waals surface area contributed by atoms with E-state index in [1.165, 1.54) is 25.7 Å². The lowest BCUT2D eigenvalue weighted by Gasteiger charge is -2.04. The molecule has 0 aliphatic carbocycles. The summed E-state index contributed by atoms with van der Waals surface area (Å²) in [5.74, 6) is -0.320. The Kier molecular flexibility index (Phi) is 16.9. The zero-order valence-electron chi connectivity index (χ0n) is 13.3. The summed E-state index contributed by atoms with van der Waals surface area (Å²) in [6.07, 6.45) is 9.22. The van der Waals surface area contributed by atoms with Crippen molar-refractivity contribution >= 4 is 5.97 Å². The molecule has 116 valence electrons. The van der Waals surface area contributed by atoms with Gasteiger partial charge in [-0.05, 0) is 18.8 Å². The van der Waals surface area contributed by atoms with Crippen molar-refractivity contribution in [3.8, 4) is 0 Å². The van der Waals surface area contributed by atoms with Gasteiger partial charge >= 0.3 is 5.97 Å². The Balaban J connectivity index is 0. The fourth-order valence-corrected chi connectivity index (χ4v) is 1.66. The van der Waals surface area contributed by atoms with Crippen molar-refractivity contribution in [1.82, 2.24) is 0 Å². The SMILES string of the molecule is CCCCC[C@@H](C)C(=O)O.CCCCC[C@@H](C)CO. The Bertz CT molecular complexity index is 192. The number of unbranched alkanes of at least 4 members (excludes halogenated alkanes) is 4. The maximum absolute atomic E-state index is 10.3. The van der Waals surface area contributed by atoms with Crippen molar-refractivity contribution in [3.63, 3.8) is 0 Å². The normalized spacial score (nSPS) is 13.3. The van der Waals surface area contributed by atoms with E-state index in [2.05, 4.69) is 20.8 Å². The molecule has 0 radical (unpaired) electrons. The molecule has 0 aromatic carbocycles. The van der Waals surface area contributed by atoms with Gasteiger partial charge in [0.2, 0.25) is 0 Å². The minimum atomic E-state index is -0.670. The second-order valence-corrected chi connectivity index (χ2v) is 5.52. The number of aliphatic hydroxyl groups excluding tert-OH is 1. The van der Waals surface area contributed by atoms with Crippen LogP contribution in [-0.4, -0.2) is 22.8 Å². The van der Waals surface area contributed by atoms with Gasteiger partial charge in [0.05, 0.1) is 5.92 Å². The summed E-state index contributed by atoms with van der Waals surface area (Å²) in [6, 6.07) is 0. The molecule has 0 amide bonds. The number of rotatable bonds is 10. The molecule has 0 spiro atoms. The van der Waals surface area contributed by atoms with Crippen molar-refractivity contribution in [3.05, 3.63) is 0 Å². The van der Waals surface area contributed by atoms with Crippen LogP contribution in [0, 0.1) is 11.8 Å². The van der Waals surface area contributed by atoms with E-state index in [-0.39, 0.29) is 5.92 Å². The van der Waals surface area contributed by atoms with Gasteiger partial charge < -0.3 is 10.2 Å². The van der Waals surface area contributed by atoms with Crippen molar-refractivity contribution in [2.45, 2.75) is 79.1 Å². The van der Waals surface area contributed by atoms with Gasteiger partial charge in [0, 0.05) is 6.61 Å². The summed E-state index contributed by atoms with van der Waals surface area (Å²) in [5.41, 5.74) is 0. The molecule has 3 heteroatoms. The average molecular weight is 274 g/mol. The molecule has 0 aromatic heterocycles. The predicted molar refractivity (Wildman–Crippen MR) is 81.3 cm³/mol. The molecule has 0 fully saturated rings. The zero-order valence-corrected chi connectivity index (χ0v) is 13.3. The molecule has 0 saturated carbocycles. The molecule has 0 saturated heterocycles. The third-order valence-corrected chi connectivity index (χ3v) is 3.27. The Labute approximate surface area is 119 Å². The molecule has 3 nitrogen and oxygen atoms in total. The van der Waals surface area contributed by atoms with E-state index < -0.39 is 5.97 Å². The Morgan fingerprint density at radius 3 is 1.79 bits per heavy atom. The smallest absolute Gasteiger partial charge is 0.306 e. The van der Waals surface area contributed by atoms with E-state index in [9.17, 15) is 4.79 Å². The highest BCUT2D eigenvalue weighted by Gasteiger charge is 2.08. The molecule has 0 rings (SSSR count). The highest BCUT2D eigenvalue weighted by molar-refractivity contribution is 5.69. The van der Waals surface area contributed by atoms with Crippen molar-refractivity contribution in [1.29, 1.82) is 0 Å². The molecule has 2 N–H and O–H groups in total. The highest BCUT2D eigenvalue weighted by atomic mass is 16.4. The minimum Gasteiger partial charge on any atom is -0.481 e. The summed E-state index contributed by atoms with van der Waals surface area (Å²) in [5, 5.41) is 17.1. The lowest BCUT2D eigenvalue weighted by molar-refractivity contribution is -0.141. The Morgan fingerprint density at radius 1 is 0.947 bits per heavy atom. The van der Waals surface area contributed by atoms with Crippen LogP contribution < -0.4 is 0 Å². The topological polar surface area (TPSA) is 57.5 Å². The number of carboxylic acids is 1. The Hall–Kier alpha value is -0.570. The van der Waals surface area contributed by atoms with Crippen LogP contribution in [0.15, 0.2) is 0 Å². The van der Waals surface area contributed by atoms with Crippen LogP contribution in [0.1, 0.15) is 79.1 Å². The number of aliphatic carboxylic acids is 1. The monoisotopic (exact) mass is 274 g/mol. The maximum Gasteiger partial charge on any atom is 0.306 e. The van der Waals surface area contributed by atoms with Crippen LogP contribution in [-0.2, 0) is 4.79 Å². The number of carboxylic acid groups (broad SMARTS) is 1. The van der Waals surface area contributed by atoms with E-state index >= 15 is 0 Å². The van der Waals surface area contributed by atoms with Crippen LogP contribution in [0.3, 0.4) is 0 Å². The van der Waals surface area contributed by atoms with Crippen LogP contribution in [0.4, 0.5) is 0 Å².